The van der Waals surface area contributed by atoms with Gasteiger partial charge in [0.2, 0.25) is 0 Å². The number of carbonyl (C=O) groups is 1. The van der Waals surface area contributed by atoms with E-state index in [1.165, 1.54) is 0 Å². The maximum Gasteiger partial charge on any atom is 0.308 e. The van der Waals surface area contributed by atoms with Gasteiger partial charge >= 0.3 is 5.97 Å². The van der Waals surface area contributed by atoms with Crippen LogP contribution in [0.4, 0.5) is 0 Å². The molecule has 0 aromatic carbocycles. The van der Waals surface area contributed by atoms with Crippen LogP contribution in [0.1, 0.15) is 33.1 Å². The van der Waals surface area contributed by atoms with Crippen molar-refractivity contribution >= 4 is 5.97 Å². The fourth-order valence-electron chi connectivity index (χ4n) is 1.60. The van der Waals surface area contributed by atoms with Crippen molar-refractivity contribution in [3.05, 3.63) is 0 Å². The third-order valence-electron chi connectivity index (χ3n) is 2.52. The van der Waals surface area contributed by atoms with Gasteiger partial charge in [0.05, 0.1) is 25.7 Å². The summed E-state index contributed by atoms with van der Waals surface area (Å²) in [6.45, 7) is 7.08. The van der Waals surface area contributed by atoms with E-state index in [0.717, 1.165) is 25.9 Å². The zero-order valence-corrected chi connectivity index (χ0v) is 10.3. The molecule has 0 unspecified atom stereocenters. The molecule has 1 rings (SSSR count). The van der Waals surface area contributed by atoms with Crippen molar-refractivity contribution in [2.24, 2.45) is 5.92 Å². The Kier molecular flexibility index (Phi) is 6.42. The lowest BCUT2D eigenvalue weighted by Crippen LogP contribution is -2.32. The molecule has 1 aliphatic heterocycles. The molecule has 0 amide bonds. The predicted molar refractivity (Wildman–Crippen MR) is 62.3 cm³/mol. The number of carbonyl (C=O) groups excluding carboxylic acids is 1. The number of hydrogen-bond donors (Lipinski definition) is 1. The van der Waals surface area contributed by atoms with Crippen molar-refractivity contribution in [2.45, 2.75) is 39.2 Å². The molecule has 4 nitrogen and oxygen atoms in total. The highest BCUT2D eigenvalue weighted by Gasteiger charge is 2.13. The molecular formula is C12H23NO3. The second kappa shape index (κ2) is 7.63. The lowest BCUT2D eigenvalue weighted by molar-refractivity contribution is -0.146. The summed E-state index contributed by atoms with van der Waals surface area (Å²) in [5.41, 5.74) is 0. The third kappa shape index (κ3) is 6.08. The number of hydrogen-bond acceptors (Lipinski definition) is 4. The van der Waals surface area contributed by atoms with Crippen LogP contribution in [0.5, 0.6) is 0 Å². The van der Waals surface area contributed by atoms with Crippen molar-refractivity contribution in [1.82, 2.24) is 5.32 Å². The molecule has 1 N–H and O–H groups in total. The highest BCUT2D eigenvalue weighted by atomic mass is 16.5. The molecule has 0 aromatic heterocycles. The average Bonchev–Trinajstić information content (AvgIpc) is 2.28. The van der Waals surface area contributed by atoms with Crippen LogP contribution >= 0.6 is 0 Å². The van der Waals surface area contributed by atoms with Gasteiger partial charge in [-0.15, -0.1) is 0 Å². The van der Waals surface area contributed by atoms with Crippen LogP contribution in [0.2, 0.25) is 0 Å². The molecule has 1 aliphatic rings. The standard InChI is InChI=1S/C12H23NO3/c1-10(2)9-16-12(14)5-8-15-11-3-6-13-7-4-11/h10-11,13H,3-9H2,1-2H3. The summed E-state index contributed by atoms with van der Waals surface area (Å²) in [6.07, 6.45) is 2.78. The Hall–Kier alpha value is -0.610. The smallest absolute Gasteiger partial charge is 0.308 e. The first-order chi connectivity index (χ1) is 7.68. The Bertz CT molecular complexity index is 200. The van der Waals surface area contributed by atoms with E-state index in [-0.39, 0.29) is 5.97 Å². The second-order valence-corrected chi connectivity index (χ2v) is 4.65. The fraction of sp³-hybridized carbons (Fsp3) is 0.917. The molecule has 0 radical (unpaired) electrons. The monoisotopic (exact) mass is 229 g/mol. The minimum atomic E-state index is -0.150. The first-order valence-electron chi connectivity index (χ1n) is 6.16. The molecule has 0 spiro atoms. The molecule has 1 heterocycles. The summed E-state index contributed by atoms with van der Waals surface area (Å²) in [5.74, 6) is 0.247. The number of nitrogens with one attached hydrogen (secondary N) is 1. The van der Waals surface area contributed by atoms with Crippen LogP contribution in [0.25, 0.3) is 0 Å². The molecule has 0 bridgehead atoms. The summed E-state index contributed by atoms with van der Waals surface area (Å²) in [6, 6.07) is 0. The van der Waals surface area contributed by atoms with Gasteiger partial charge in [0.25, 0.3) is 0 Å². The summed E-state index contributed by atoms with van der Waals surface area (Å²) < 4.78 is 10.7. The minimum absolute atomic E-state index is 0.150. The molecule has 94 valence electrons. The zero-order chi connectivity index (χ0) is 11.8. The molecule has 16 heavy (non-hydrogen) atoms. The lowest BCUT2D eigenvalue weighted by Gasteiger charge is -2.22. The summed E-state index contributed by atoms with van der Waals surface area (Å²) in [5, 5.41) is 3.28. The Labute approximate surface area is 97.7 Å². The lowest BCUT2D eigenvalue weighted by atomic mass is 10.1. The van der Waals surface area contributed by atoms with E-state index in [9.17, 15) is 4.79 Å². The van der Waals surface area contributed by atoms with Gasteiger partial charge in [-0.1, -0.05) is 13.8 Å². The third-order valence-corrected chi connectivity index (χ3v) is 2.52. The Morgan fingerprint density at radius 2 is 2.06 bits per heavy atom. The SMILES string of the molecule is CC(C)COC(=O)CCOC1CCNCC1. The molecule has 0 aliphatic carbocycles. The van der Waals surface area contributed by atoms with E-state index in [4.69, 9.17) is 9.47 Å². The second-order valence-electron chi connectivity index (χ2n) is 4.65. The molecule has 0 aromatic rings. The molecule has 1 saturated heterocycles. The summed E-state index contributed by atoms with van der Waals surface area (Å²) in [7, 11) is 0. The van der Waals surface area contributed by atoms with Gasteiger partial charge in [0.1, 0.15) is 0 Å². The van der Waals surface area contributed by atoms with E-state index in [0.29, 0.717) is 31.7 Å². The van der Waals surface area contributed by atoms with E-state index >= 15 is 0 Å². The van der Waals surface area contributed by atoms with Crippen LogP contribution < -0.4 is 5.32 Å². The number of piperidine rings is 1. The molecule has 0 atom stereocenters. The van der Waals surface area contributed by atoms with E-state index < -0.39 is 0 Å². The summed E-state index contributed by atoms with van der Waals surface area (Å²) >= 11 is 0. The first kappa shape index (κ1) is 13.5. The Balaban J connectivity index is 1.99. The molecular weight excluding hydrogens is 206 g/mol. The quantitative estimate of drug-likeness (QED) is 0.698. The van der Waals surface area contributed by atoms with Crippen LogP contribution in [0.15, 0.2) is 0 Å². The maximum absolute atomic E-state index is 11.3. The van der Waals surface area contributed by atoms with Crippen LogP contribution in [0.3, 0.4) is 0 Å². The predicted octanol–water partition coefficient (Wildman–Crippen LogP) is 1.34. The van der Waals surface area contributed by atoms with Crippen LogP contribution in [0, 0.1) is 5.92 Å². The molecule has 4 heteroatoms. The summed E-state index contributed by atoms with van der Waals surface area (Å²) in [4.78, 5) is 11.3. The van der Waals surface area contributed by atoms with Crippen molar-refractivity contribution in [2.75, 3.05) is 26.3 Å². The van der Waals surface area contributed by atoms with E-state index in [2.05, 4.69) is 5.32 Å². The van der Waals surface area contributed by atoms with Crippen molar-refractivity contribution in [1.29, 1.82) is 0 Å². The van der Waals surface area contributed by atoms with Crippen molar-refractivity contribution in [3.63, 3.8) is 0 Å². The largest absolute Gasteiger partial charge is 0.465 e. The first-order valence-corrected chi connectivity index (χ1v) is 6.16. The van der Waals surface area contributed by atoms with E-state index in [1.54, 1.807) is 0 Å². The van der Waals surface area contributed by atoms with Gasteiger partial charge in [0, 0.05) is 0 Å². The molecule has 1 fully saturated rings. The average molecular weight is 229 g/mol. The number of rotatable bonds is 6. The number of esters is 1. The van der Waals surface area contributed by atoms with Gasteiger partial charge in [-0.2, -0.15) is 0 Å². The number of ether oxygens (including phenoxy) is 2. The van der Waals surface area contributed by atoms with Gasteiger partial charge in [-0.3, -0.25) is 4.79 Å². The van der Waals surface area contributed by atoms with Gasteiger partial charge in [-0.25, -0.2) is 0 Å². The highest BCUT2D eigenvalue weighted by Crippen LogP contribution is 2.07. The van der Waals surface area contributed by atoms with Gasteiger partial charge in [0.15, 0.2) is 0 Å². The zero-order valence-electron chi connectivity index (χ0n) is 10.3. The topological polar surface area (TPSA) is 47.6 Å². The normalized spacial score (nSPS) is 17.7. The fourth-order valence-corrected chi connectivity index (χ4v) is 1.60. The maximum atomic E-state index is 11.3. The molecule has 0 saturated carbocycles. The van der Waals surface area contributed by atoms with Crippen molar-refractivity contribution in [3.8, 4) is 0 Å². The van der Waals surface area contributed by atoms with Crippen LogP contribution in [-0.2, 0) is 14.3 Å². The Morgan fingerprint density at radius 3 is 2.69 bits per heavy atom. The van der Waals surface area contributed by atoms with Gasteiger partial charge in [-0.05, 0) is 31.8 Å². The minimum Gasteiger partial charge on any atom is -0.465 e. The van der Waals surface area contributed by atoms with Gasteiger partial charge < -0.3 is 14.8 Å². The van der Waals surface area contributed by atoms with Crippen molar-refractivity contribution < 1.29 is 14.3 Å². The van der Waals surface area contributed by atoms with E-state index in [1.807, 2.05) is 13.8 Å². The highest BCUT2D eigenvalue weighted by molar-refractivity contribution is 5.69. The van der Waals surface area contributed by atoms with Crippen LogP contribution in [-0.4, -0.2) is 38.4 Å². The Morgan fingerprint density at radius 1 is 1.38 bits per heavy atom.